The molecule has 0 saturated carbocycles. The number of furan rings is 1. The lowest BCUT2D eigenvalue weighted by atomic mass is 9.96. The van der Waals surface area contributed by atoms with E-state index in [-0.39, 0.29) is 23.4 Å². The number of fused-ring (bicyclic) bond motifs is 1. The molecule has 0 aliphatic carbocycles. The standard InChI is InChI=1S/C28H22BrN3O7S/c1-4-38-27(34)24-15(2)30-28-31(25(24)17-8-10-22(37-3)20(29)13-17)26(33)23(40-28)14-19-9-11-21(39-19)16-6-5-7-18(12-16)32(35)36/h5-14,25H,4H2,1-3H3/b23-14+/t25-/m1/s1. The number of hydrogen-bond acceptors (Lipinski definition) is 9. The van der Waals surface area contributed by atoms with E-state index in [9.17, 15) is 19.7 Å². The predicted octanol–water partition coefficient (Wildman–Crippen LogP) is 4.74. The van der Waals surface area contributed by atoms with E-state index in [0.717, 1.165) is 0 Å². The first-order valence-electron chi connectivity index (χ1n) is 12.1. The van der Waals surface area contributed by atoms with Gasteiger partial charge in [0.1, 0.15) is 17.3 Å². The van der Waals surface area contributed by atoms with E-state index in [4.69, 9.17) is 13.9 Å². The Morgan fingerprint density at radius 2 is 2.05 bits per heavy atom. The van der Waals surface area contributed by atoms with Crippen molar-refractivity contribution in [2.75, 3.05) is 13.7 Å². The fourth-order valence-electron chi connectivity index (χ4n) is 4.45. The summed E-state index contributed by atoms with van der Waals surface area (Å²) < 4.78 is 19.1. The van der Waals surface area contributed by atoms with E-state index in [1.807, 2.05) is 0 Å². The summed E-state index contributed by atoms with van der Waals surface area (Å²) in [7, 11) is 1.55. The quantitative estimate of drug-likeness (QED) is 0.165. The number of carbonyl (C=O) groups excluding carboxylic acids is 1. The SMILES string of the molecule is CCOC(=O)C1=C(C)N=c2s/c(=C/c3ccc(-c4cccc([N+](=O)[O-])c4)o3)c(=O)n2[C@@H]1c1ccc(OC)c(Br)c1. The summed E-state index contributed by atoms with van der Waals surface area (Å²) in [5, 5.41) is 11.2. The van der Waals surface area contributed by atoms with Gasteiger partial charge in [0.05, 0.1) is 45.0 Å². The van der Waals surface area contributed by atoms with Crippen LogP contribution in [0.5, 0.6) is 5.75 Å². The maximum Gasteiger partial charge on any atom is 0.338 e. The maximum absolute atomic E-state index is 13.8. The average molecular weight is 624 g/mol. The van der Waals surface area contributed by atoms with Gasteiger partial charge in [-0.25, -0.2) is 9.79 Å². The number of nitrogens with zero attached hydrogens (tertiary/aromatic N) is 3. The Morgan fingerprint density at radius 1 is 1.25 bits per heavy atom. The van der Waals surface area contributed by atoms with E-state index in [2.05, 4.69) is 20.9 Å². The van der Waals surface area contributed by atoms with Gasteiger partial charge in [-0.1, -0.05) is 29.5 Å². The third kappa shape index (κ3) is 5.03. The maximum atomic E-state index is 13.8. The van der Waals surface area contributed by atoms with E-state index < -0.39 is 16.9 Å². The van der Waals surface area contributed by atoms with Crippen molar-refractivity contribution in [1.82, 2.24) is 4.57 Å². The van der Waals surface area contributed by atoms with Crippen LogP contribution in [0.25, 0.3) is 17.4 Å². The summed E-state index contributed by atoms with van der Waals surface area (Å²) in [6, 6.07) is 14.0. The molecule has 0 N–H and O–H groups in total. The highest BCUT2D eigenvalue weighted by molar-refractivity contribution is 9.10. The lowest BCUT2D eigenvalue weighted by Gasteiger charge is -2.25. The second-order valence-corrected chi connectivity index (χ2v) is 10.6. The fraction of sp³-hybridized carbons (Fsp3) is 0.179. The second-order valence-electron chi connectivity index (χ2n) is 8.71. The second kappa shape index (κ2) is 11.1. The minimum Gasteiger partial charge on any atom is -0.496 e. The van der Waals surface area contributed by atoms with Gasteiger partial charge in [0.2, 0.25) is 0 Å². The van der Waals surface area contributed by atoms with Crippen molar-refractivity contribution < 1.29 is 23.6 Å². The zero-order chi connectivity index (χ0) is 28.6. The average Bonchev–Trinajstić information content (AvgIpc) is 3.52. The van der Waals surface area contributed by atoms with Crippen molar-refractivity contribution in [3.05, 3.63) is 111 Å². The van der Waals surface area contributed by atoms with Crippen molar-refractivity contribution >= 4 is 45.0 Å². The zero-order valence-electron chi connectivity index (χ0n) is 21.5. The molecule has 5 rings (SSSR count). The van der Waals surface area contributed by atoms with Crippen LogP contribution in [0, 0.1) is 10.1 Å². The number of thiazole rings is 1. The summed E-state index contributed by atoms with van der Waals surface area (Å²) in [6.07, 6.45) is 1.59. The molecular formula is C28H22BrN3O7S. The van der Waals surface area contributed by atoms with Crippen molar-refractivity contribution in [2.45, 2.75) is 19.9 Å². The largest absolute Gasteiger partial charge is 0.496 e. The van der Waals surface area contributed by atoms with E-state index >= 15 is 0 Å². The molecule has 10 nitrogen and oxygen atoms in total. The van der Waals surface area contributed by atoms with Gasteiger partial charge in [0.15, 0.2) is 4.80 Å². The molecule has 204 valence electrons. The number of non-ortho nitro benzene ring substituents is 1. The fourth-order valence-corrected chi connectivity index (χ4v) is 6.03. The molecule has 0 amide bonds. The summed E-state index contributed by atoms with van der Waals surface area (Å²) in [5.41, 5.74) is 1.52. The topological polar surface area (TPSA) is 126 Å². The lowest BCUT2D eigenvalue weighted by Crippen LogP contribution is -2.39. The third-order valence-electron chi connectivity index (χ3n) is 6.25. The van der Waals surface area contributed by atoms with Gasteiger partial charge in [0.25, 0.3) is 11.2 Å². The number of nitro groups is 1. The van der Waals surface area contributed by atoms with Crippen LogP contribution in [-0.2, 0) is 9.53 Å². The molecule has 2 aromatic carbocycles. The number of hydrogen-bond donors (Lipinski definition) is 0. The normalized spacial score (nSPS) is 15.0. The molecule has 1 aliphatic rings. The number of carbonyl (C=O) groups is 1. The van der Waals surface area contributed by atoms with Gasteiger partial charge in [-0.05, 0) is 59.6 Å². The predicted molar refractivity (Wildman–Crippen MR) is 152 cm³/mol. The van der Waals surface area contributed by atoms with Crippen LogP contribution >= 0.6 is 27.3 Å². The lowest BCUT2D eigenvalue weighted by molar-refractivity contribution is -0.384. The Bertz CT molecular complexity index is 1870. The zero-order valence-corrected chi connectivity index (χ0v) is 23.9. The van der Waals surface area contributed by atoms with Crippen molar-refractivity contribution in [2.24, 2.45) is 4.99 Å². The Labute approximate surface area is 239 Å². The van der Waals surface area contributed by atoms with Crippen LogP contribution in [-0.4, -0.2) is 29.2 Å². The van der Waals surface area contributed by atoms with Crippen molar-refractivity contribution in [3.8, 4) is 17.1 Å². The number of esters is 1. The molecule has 3 heterocycles. The summed E-state index contributed by atoms with van der Waals surface area (Å²) in [6.45, 7) is 3.60. The first kappa shape index (κ1) is 27.3. The molecule has 0 unspecified atom stereocenters. The molecule has 40 heavy (non-hydrogen) atoms. The number of methoxy groups -OCH3 is 1. The van der Waals surface area contributed by atoms with Crippen LogP contribution in [0.1, 0.15) is 31.2 Å². The minimum atomic E-state index is -0.781. The number of rotatable bonds is 7. The molecule has 0 radical (unpaired) electrons. The van der Waals surface area contributed by atoms with Crippen molar-refractivity contribution in [1.29, 1.82) is 0 Å². The third-order valence-corrected chi connectivity index (χ3v) is 7.85. The highest BCUT2D eigenvalue weighted by atomic mass is 79.9. The number of ether oxygens (including phenoxy) is 2. The Hall–Kier alpha value is -4.29. The summed E-state index contributed by atoms with van der Waals surface area (Å²) in [4.78, 5) is 42.5. The highest BCUT2D eigenvalue weighted by Crippen LogP contribution is 2.35. The van der Waals surface area contributed by atoms with E-state index in [0.29, 0.717) is 47.9 Å². The Morgan fingerprint density at radius 3 is 2.75 bits per heavy atom. The van der Waals surface area contributed by atoms with Crippen LogP contribution in [0.4, 0.5) is 5.69 Å². The molecule has 0 bridgehead atoms. The molecule has 0 saturated heterocycles. The van der Waals surface area contributed by atoms with E-state index in [1.54, 1.807) is 69.5 Å². The van der Waals surface area contributed by atoms with Crippen LogP contribution in [0.15, 0.2) is 84.5 Å². The molecule has 0 spiro atoms. The smallest absolute Gasteiger partial charge is 0.338 e. The van der Waals surface area contributed by atoms with Gasteiger partial charge in [-0.3, -0.25) is 19.5 Å². The first-order valence-corrected chi connectivity index (χ1v) is 13.7. The number of allylic oxidation sites excluding steroid dienone is 1. The van der Waals surface area contributed by atoms with Crippen LogP contribution in [0.3, 0.4) is 0 Å². The molecule has 0 fully saturated rings. The molecule has 2 aromatic heterocycles. The Kier molecular flexibility index (Phi) is 7.55. The summed E-state index contributed by atoms with van der Waals surface area (Å²) >= 11 is 4.66. The monoisotopic (exact) mass is 623 g/mol. The Balaban J connectivity index is 1.63. The molecule has 1 aliphatic heterocycles. The minimum absolute atomic E-state index is 0.0540. The van der Waals surface area contributed by atoms with Crippen LogP contribution in [0.2, 0.25) is 0 Å². The van der Waals surface area contributed by atoms with Gasteiger partial charge in [0, 0.05) is 23.8 Å². The number of aromatic nitrogens is 1. The van der Waals surface area contributed by atoms with Crippen LogP contribution < -0.4 is 19.6 Å². The molecule has 1 atom stereocenters. The van der Waals surface area contributed by atoms with Gasteiger partial charge < -0.3 is 13.9 Å². The number of benzene rings is 2. The molecular weight excluding hydrogens is 602 g/mol. The van der Waals surface area contributed by atoms with Gasteiger partial charge >= 0.3 is 5.97 Å². The highest BCUT2D eigenvalue weighted by Gasteiger charge is 2.33. The molecule has 12 heteroatoms. The van der Waals surface area contributed by atoms with Gasteiger partial charge in [-0.15, -0.1) is 0 Å². The summed E-state index contributed by atoms with van der Waals surface area (Å²) in [5.74, 6) is 0.857. The first-order chi connectivity index (χ1) is 19.2. The van der Waals surface area contributed by atoms with E-state index in [1.165, 1.54) is 28.0 Å². The van der Waals surface area contributed by atoms with Gasteiger partial charge in [-0.2, -0.15) is 0 Å². The van der Waals surface area contributed by atoms with Crippen molar-refractivity contribution in [3.63, 3.8) is 0 Å². The number of nitro benzene ring substituents is 1. The number of halogens is 1. The molecule has 4 aromatic rings.